The molecule has 0 unspecified atom stereocenters. The summed E-state index contributed by atoms with van der Waals surface area (Å²) in [6, 6.07) is 8.03. The molecule has 78 valence electrons. The van der Waals surface area contributed by atoms with Gasteiger partial charge in [0.1, 0.15) is 5.82 Å². The molecule has 2 bridgehead atoms. The molecule has 0 radical (unpaired) electrons. The Kier molecular flexibility index (Phi) is 2.10. The normalized spacial score (nSPS) is 29.0. The molecule has 2 heterocycles. The van der Waals surface area contributed by atoms with Crippen molar-refractivity contribution in [2.24, 2.45) is 0 Å². The zero-order valence-corrected chi connectivity index (χ0v) is 8.54. The molecule has 3 rings (SSSR count). The van der Waals surface area contributed by atoms with Gasteiger partial charge in [-0.1, -0.05) is 18.2 Å². The number of hydrogen-bond acceptors (Lipinski definition) is 1. The van der Waals surface area contributed by atoms with Gasteiger partial charge in [0.15, 0.2) is 0 Å². The summed E-state index contributed by atoms with van der Waals surface area (Å²) in [5.41, 5.74) is 2.55. The number of halogens is 1. The van der Waals surface area contributed by atoms with Gasteiger partial charge in [-0.2, -0.15) is 0 Å². The van der Waals surface area contributed by atoms with Gasteiger partial charge in [0.2, 0.25) is 0 Å². The summed E-state index contributed by atoms with van der Waals surface area (Å²) in [6.45, 7) is 0. The van der Waals surface area contributed by atoms with Crippen LogP contribution in [0, 0.1) is 5.82 Å². The molecule has 2 aliphatic rings. The molecule has 1 fully saturated rings. The van der Waals surface area contributed by atoms with E-state index in [-0.39, 0.29) is 5.82 Å². The van der Waals surface area contributed by atoms with Crippen molar-refractivity contribution in [3.8, 4) is 0 Å². The van der Waals surface area contributed by atoms with Crippen LogP contribution >= 0.6 is 0 Å². The Hall–Kier alpha value is -1.15. The van der Waals surface area contributed by atoms with Gasteiger partial charge in [-0.3, -0.25) is 0 Å². The molecule has 0 saturated carbocycles. The average Bonchev–Trinajstić information content (AvgIpc) is 2.59. The lowest BCUT2D eigenvalue weighted by Crippen LogP contribution is -2.31. The summed E-state index contributed by atoms with van der Waals surface area (Å²) in [5.74, 6) is -0.156. The molecule has 2 aliphatic heterocycles. The minimum Gasteiger partial charge on any atom is -0.307 e. The van der Waals surface area contributed by atoms with Crippen LogP contribution in [0.2, 0.25) is 0 Å². The summed E-state index contributed by atoms with van der Waals surface area (Å²) < 4.78 is 12.8. The van der Waals surface area contributed by atoms with E-state index in [9.17, 15) is 4.39 Å². The highest BCUT2D eigenvalue weighted by molar-refractivity contribution is 5.68. The summed E-state index contributed by atoms with van der Waals surface area (Å²) in [6.07, 6.45) is 5.90. The van der Waals surface area contributed by atoms with E-state index in [0.29, 0.717) is 12.1 Å². The fourth-order valence-corrected chi connectivity index (χ4v) is 2.60. The van der Waals surface area contributed by atoms with Crippen LogP contribution in [0.4, 0.5) is 4.39 Å². The lowest BCUT2D eigenvalue weighted by Gasteiger charge is -2.21. The SMILES string of the molecule is Fc1ccc(C2=C[C@H]3CC[C@@H](C2)N3)cc1. The van der Waals surface area contributed by atoms with E-state index in [2.05, 4.69) is 11.4 Å². The number of nitrogens with one attached hydrogen (secondary N) is 1. The van der Waals surface area contributed by atoms with Gasteiger partial charge in [0.25, 0.3) is 0 Å². The van der Waals surface area contributed by atoms with Crippen molar-refractivity contribution in [2.45, 2.75) is 31.3 Å². The average molecular weight is 203 g/mol. The second-order valence-electron chi connectivity index (χ2n) is 4.45. The molecule has 0 aromatic heterocycles. The van der Waals surface area contributed by atoms with E-state index in [4.69, 9.17) is 0 Å². The van der Waals surface area contributed by atoms with Gasteiger partial charge in [0.05, 0.1) is 0 Å². The third-order valence-electron chi connectivity index (χ3n) is 3.36. The Morgan fingerprint density at radius 3 is 2.67 bits per heavy atom. The number of benzene rings is 1. The van der Waals surface area contributed by atoms with Crippen LogP contribution < -0.4 is 5.32 Å². The first-order valence-corrected chi connectivity index (χ1v) is 5.54. The lowest BCUT2D eigenvalue weighted by atomic mass is 9.96. The molecular weight excluding hydrogens is 189 g/mol. The molecular formula is C13H14FN. The molecule has 1 saturated heterocycles. The van der Waals surface area contributed by atoms with Gasteiger partial charge in [-0.05, 0) is 42.5 Å². The number of hydrogen-bond donors (Lipinski definition) is 1. The predicted octanol–water partition coefficient (Wildman–Crippen LogP) is 2.73. The Bertz CT molecular complexity index is 394. The van der Waals surface area contributed by atoms with Gasteiger partial charge < -0.3 is 5.32 Å². The maximum Gasteiger partial charge on any atom is 0.123 e. The Balaban J connectivity index is 1.91. The lowest BCUT2D eigenvalue weighted by molar-refractivity contribution is 0.575. The quantitative estimate of drug-likeness (QED) is 0.740. The first-order chi connectivity index (χ1) is 7.31. The van der Waals surface area contributed by atoms with E-state index >= 15 is 0 Å². The fraction of sp³-hybridized carbons (Fsp3) is 0.385. The first kappa shape index (κ1) is 9.10. The van der Waals surface area contributed by atoms with Crippen LogP contribution in [0.3, 0.4) is 0 Å². The first-order valence-electron chi connectivity index (χ1n) is 5.54. The molecule has 1 nitrogen and oxygen atoms in total. The van der Waals surface area contributed by atoms with Crippen molar-refractivity contribution in [1.29, 1.82) is 0 Å². The van der Waals surface area contributed by atoms with E-state index in [1.54, 1.807) is 12.1 Å². The standard InChI is InChI=1S/C13H14FN/c14-11-3-1-9(2-4-11)10-7-12-5-6-13(8-10)15-12/h1-4,7,12-13,15H,5-6,8H2/t12-,13+/m1/s1. The second-order valence-corrected chi connectivity index (χ2v) is 4.45. The van der Waals surface area contributed by atoms with Crippen molar-refractivity contribution in [3.05, 3.63) is 41.7 Å². The van der Waals surface area contributed by atoms with Gasteiger partial charge in [-0.25, -0.2) is 4.39 Å². The molecule has 15 heavy (non-hydrogen) atoms. The maximum atomic E-state index is 12.8. The topological polar surface area (TPSA) is 12.0 Å². The van der Waals surface area contributed by atoms with Crippen molar-refractivity contribution in [1.82, 2.24) is 5.32 Å². The van der Waals surface area contributed by atoms with Crippen molar-refractivity contribution in [3.63, 3.8) is 0 Å². The highest BCUT2D eigenvalue weighted by atomic mass is 19.1. The van der Waals surface area contributed by atoms with E-state index < -0.39 is 0 Å². The van der Waals surface area contributed by atoms with Gasteiger partial charge in [0, 0.05) is 12.1 Å². The van der Waals surface area contributed by atoms with Gasteiger partial charge in [-0.15, -0.1) is 0 Å². The molecule has 2 atom stereocenters. The van der Waals surface area contributed by atoms with Crippen LogP contribution in [-0.4, -0.2) is 12.1 Å². The Labute approximate surface area is 89.0 Å². The van der Waals surface area contributed by atoms with E-state index in [1.807, 2.05) is 12.1 Å². The summed E-state index contributed by atoms with van der Waals surface area (Å²) in [5, 5.41) is 3.55. The van der Waals surface area contributed by atoms with E-state index in [0.717, 1.165) is 6.42 Å². The number of fused-ring (bicyclic) bond motifs is 2. The van der Waals surface area contributed by atoms with Gasteiger partial charge >= 0.3 is 0 Å². The van der Waals surface area contributed by atoms with Crippen LogP contribution in [0.15, 0.2) is 30.3 Å². The predicted molar refractivity (Wildman–Crippen MR) is 58.9 cm³/mol. The fourth-order valence-electron chi connectivity index (χ4n) is 2.60. The summed E-state index contributed by atoms with van der Waals surface area (Å²) >= 11 is 0. The zero-order chi connectivity index (χ0) is 10.3. The minimum absolute atomic E-state index is 0.156. The smallest absolute Gasteiger partial charge is 0.123 e. The van der Waals surface area contributed by atoms with E-state index in [1.165, 1.54) is 24.0 Å². The molecule has 1 aromatic rings. The van der Waals surface area contributed by atoms with Crippen LogP contribution in [0.5, 0.6) is 0 Å². The third kappa shape index (κ3) is 1.70. The van der Waals surface area contributed by atoms with Crippen LogP contribution in [0.25, 0.3) is 5.57 Å². The number of rotatable bonds is 1. The highest BCUT2D eigenvalue weighted by Crippen LogP contribution is 2.31. The van der Waals surface area contributed by atoms with Crippen molar-refractivity contribution in [2.75, 3.05) is 0 Å². The summed E-state index contributed by atoms with van der Waals surface area (Å²) in [4.78, 5) is 0. The second kappa shape index (κ2) is 3.46. The Morgan fingerprint density at radius 2 is 1.93 bits per heavy atom. The highest BCUT2D eigenvalue weighted by Gasteiger charge is 2.27. The van der Waals surface area contributed by atoms with Crippen LogP contribution in [0.1, 0.15) is 24.8 Å². The Morgan fingerprint density at radius 1 is 1.13 bits per heavy atom. The minimum atomic E-state index is -0.156. The van der Waals surface area contributed by atoms with Crippen LogP contribution in [-0.2, 0) is 0 Å². The largest absolute Gasteiger partial charge is 0.307 e. The third-order valence-corrected chi connectivity index (χ3v) is 3.36. The molecule has 0 amide bonds. The maximum absolute atomic E-state index is 12.8. The molecule has 1 N–H and O–H groups in total. The molecule has 0 aliphatic carbocycles. The summed E-state index contributed by atoms with van der Waals surface area (Å²) in [7, 11) is 0. The monoisotopic (exact) mass is 203 g/mol. The van der Waals surface area contributed by atoms with Crippen molar-refractivity contribution >= 4 is 5.57 Å². The zero-order valence-electron chi connectivity index (χ0n) is 8.54. The molecule has 1 aromatic carbocycles. The molecule has 2 heteroatoms. The van der Waals surface area contributed by atoms with Crippen molar-refractivity contribution < 1.29 is 4.39 Å². The molecule has 0 spiro atoms.